The molecule has 106 valence electrons. The fourth-order valence-corrected chi connectivity index (χ4v) is 1.34. The molecule has 0 saturated heterocycles. The largest absolute Gasteiger partial charge is 0.493 e. The van der Waals surface area contributed by atoms with Crippen molar-refractivity contribution in [3.8, 4) is 11.5 Å². The molecular formula is C12H15F2NO4. The Morgan fingerprint density at radius 3 is 2.63 bits per heavy atom. The topological polar surface area (TPSA) is 67.8 Å². The number of amides is 1. The summed E-state index contributed by atoms with van der Waals surface area (Å²) in [5, 5.41) is 11.5. The van der Waals surface area contributed by atoms with Crippen molar-refractivity contribution in [2.24, 2.45) is 0 Å². The summed E-state index contributed by atoms with van der Waals surface area (Å²) in [5.41, 5.74) is 0.221. The number of aliphatic hydroxyl groups is 1. The summed E-state index contributed by atoms with van der Waals surface area (Å²) in [5.74, 6) is -0.558. The third-order valence-electron chi connectivity index (χ3n) is 2.20. The monoisotopic (exact) mass is 275 g/mol. The molecule has 0 spiro atoms. The van der Waals surface area contributed by atoms with E-state index in [9.17, 15) is 13.6 Å². The van der Waals surface area contributed by atoms with E-state index in [2.05, 4.69) is 10.1 Å². The second-order valence-corrected chi connectivity index (χ2v) is 3.80. The Labute approximate surface area is 109 Å². The number of carbonyl (C=O) groups is 1. The van der Waals surface area contributed by atoms with Crippen LogP contribution in [0.15, 0.2) is 18.2 Å². The van der Waals surface area contributed by atoms with Crippen LogP contribution in [0.5, 0.6) is 11.5 Å². The summed E-state index contributed by atoms with van der Waals surface area (Å²) in [6.45, 7) is -1.35. The van der Waals surface area contributed by atoms with Crippen molar-refractivity contribution in [1.29, 1.82) is 0 Å². The van der Waals surface area contributed by atoms with E-state index in [1.54, 1.807) is 0 Å². The van der Waals surface area contributed by atoms with Gasteiger partial charge in [0.2, 0.25) is 0 Å². The van der Waals surface area contributed by atoms with E-state index in [1.165, 1.54) is 32.2 Å². The highest BCUT2D eigenvalue weighted by Crippen LogP contribution is 2.29. The number of methoxy groups -OCH3 is 1. The van der Waals surface area contributed by atoms with Gasteiger partial charge in [0, 0.05) is 12.1 Å². The molecule has 0 radical (unpaired) electrons. The number of hydrogen-bond acceptors (Lipinski definition) is 4. The van der Waals surface area contributed by atoms with Gasteiger partial charge in [-0.25, -0.2) is 0 Å². The molecule has 0 fully saturated rings. The molecule has 0 heterocycles. The number of ether oxygens (including phenoxy) is 2. The van der Waals surface area contributed by atoms with Crippen molar-refractivity contribution in [3.05, 3.63) is 23.8 Å². The molecule has 0 aliphatic carbocycles. The van der Waals surface area contributed by atoms with E-state index in [0.29, 0.717) is 0 Å². The van der Waals surface area contributed by atoms with Crippen LogP contribution in [0.3, 0.4) is 0 Å². The second-order valence-electron chi connectivity index (χ2n) is 3.80. The molecule has 1 unspecified atom stereocenters. The first kappa shape index (κ1) is 15.2. The number of alkyl halides is 2. The van der Waals surface area contributed by atoms with Crippen LogP contribution in [0.2, 0.25) is 0 Å². The highest BCUT2D eigenvalue weighted by molar-refractivity contribution is 5.94. The smallest absolute Gasteiger partial charge is 0.387 e. The van der Waals surface area contributed by atoms with E-state index in [4.69, 9.17) is 9.84 Å². The molecule has 1 rings (SSSR count). The van der Waals surface area contributed by atoms with Crippen LogP contribution < -0.4 is 14.8 Å². The summed E-state index contributed by atoms with van der Waals surface area (Å²) >= 11 is 0. The van der Waals surface area contributed by atoms with E-state index in [0.717, 1.165) is 0 Å². The van der Waals surface area contributed by atoms with Crippen LogP contribution in [0.1, 0.15) is 17.3 Å². The summed E-state index contributed by atoms with van der Waals surface area (Å²) in [6.07, 6.45) is -0.674. The molecule has 0 bridgehead atoms. The third-order valence-corrected chi connectivity index (χ3v) is 2.20. The Morgan fingerprint density at radius 1 is 1.42 bits per heavy atom. The molecular weight excluding hydrogens is 260 g/mol. The SMILES string of the molecule is COc1cc(C(=O)NCC(C)O)ccc1OC(F)F. The van der Waals surface area contributed by atoms with Gasteiger partial charge in [-0.05, 0) is 25.1 Å². The van der Waals surface area contributed by atoms with Crippen LogP contribution >= 0.6 is 0 Å². The lowest BCUT2D eigenvalue weighted by Gasteiger charge is -2.12. The minimum Gasteiger partial charge on any atom is -0.493 e. The van der Waals surface area contributed by atoms with Gasteiger partial charge in [0.25, 0.3) is 5.91 Å². The van der Waals surface area contributed by atoms with Gasteiger partial charge in [-0.2, -0.15) is 8.78 Å². The predicted molar refractivity (Wildman–Crippen MR) is 63.6 cm³/mol. The molecule has 1 atom stereocenters. The van der Waals surface area contributed by atoms with Gasteiger partial charge < -0.3 is 19.9 Å². The summed E-state index contributed by atoms with van der Waals surface area (Å²) < 4.78 is 33.4. The van der Waals surface area contributed by atoms with Crippen molar-refractivity contribution < 1.29 is 28.2 Å². The number of rotatable bonds is 6. The number of halogens is 2. The Bertz CT molecular complexity index is 438. The van der Waals surface area contributed by atoms with Crippen molar-refractivity contribution in [2.75, 3.05) is 13.7 Å². The van der Waals surface area contributed by atoms with Crippen LogP contribution in [0, 0.1) is 0 Å². The Balaban J connectivity index is 2.84. The lowest BCUT2D eigenvalue weighted by molar-refractivity contribution is -0.0512. The highest BCUT2D eigenvalue weighted by atomic mass is 19.3. The van der Waals surface area contributed by atoms with Gasteiger partial charge in [0.1, 0.15) is 0 Å². The molecule has 7 heteroatoms. The normalized spacial score (nSPS) is 12.1. The van der Waals surface area contributed by atoms with Crippen LogP contribution in [-0.4, -0.2) is 37.4 Å². The fraction of sp³-hybridized carbons (Fsp3) is 0.417. The van der Waals surface area contributed by atoms with Crippen molar-refractivity contribution in [3.63, 3.8) is 0 Å². The van der Waals surface area contributed by atoms with Crippen LogP contribution in [-0.2, 0) is 0 Å². The van der Waals surface area contributed by atoms with Crippen molar-refractivity contribution in [2.45, 2.75) is 19.6 Å². The third kappa shape index (κ3) is 4.70. The van der Waals surface area contributed by atoms with E-state index < -0.39 is 18.6 Å². The quantitative estimate of drug-likeness (QED) is 0.823. The van der Waals surface area contributed by atoms with Gasteiger partial charge in [-0.15, -0.1) is 0 Å². The van der Waals surface area contributed by atoms with Gasteiger partial charge >= 0.3 is 6.61 Å². The lowest BCUT2D eigenvalue weighted by Crippen LogP contribution is -2.30. The summed E-state index contributed by atoms with van der Waals surface area (Å²) in [4.78, 5) is 11.7. The molecule has 5 nitrogen and oxygen atoms in total. The number of carbonyl (C=O) groups excluding carboxylic acids is 1. The standard InChI is InChI=1S/C12H15F2NO4/c1-7(16)6-15-11(17)8-3-4-9(19-12(13)14)10(5-8)18-2/h3-5,7,12,16H,6H2,1-2H3,(H,15,17). The van der Waals surface area contributed by atoms with Crippen molar-refractivity contribution in [1.82, 2.24) is 5.32 Å². The molecule has 1 aromatic rings. The highest BCUT2D eigenvalue weighted by Gasteiger charge is 2.14. The van der Waals surface area contributed by atoms with E-state index in [-0.39, 0.29) is 23.6 Å². The average Bonchev–Trinajstić information content (AvgIpc) is 2.35. The molecule has 1 amide bonds. The molecule has 0 aliphatic heterocycles. The summed E-state index contributed by atoms with van der Waals surface area (Å²) in [7, 11) is 1.28. The van der Waals surface area contributed by atoms with Gasteiger partial charge in [0.15, 0.2) is 11.5 Å². The van der Waals surface area contributed by atoms with E-state index >= 15 is 0 Å². The number of benzene rings is 1. The molecule has 0 saturated carbocycles. The van der Waals surface area contributed by atoms with Crippen LogP contribution in [0.4, 0.5) is 8.78 Å². The maximum atomic E-state index is 12.1. The van der Waals surface area contributed by atoms with E-state index in [1.807, 2.05) is 0 Å². The number of nitrogens with one attached hydrogen (secondary N) is 1. The number of aliphatic hydroxyl groups excluding tert-OH is 1. The van der Waals surface area contributed by atoms with Gasteiger partial charge in [-0.1, -0.05) is 0 Å². The van der Waals surface area contributed by atoms with Gasteiger partial charge in [-0.3, -0.25) is 4.79 Å². The Kier molecular flexibility index (Phi) is 5.50. The molecule has 0 aromatic heterocycles. The van der Waals surface area contributed by atoms with Crippen LogP contribution in [0.25, 0.3) is 0 Å². The van der Waals surface area contributed by atoms with Gasteiger partial charge in [0.05, 0.1) is 13.2 Å². The predicted octanol–water partition coefficient (Wildman–Crippen LogP) is 1.41. The van der Waals surface area contributed by atoms with Crippen molar-refractivity contribution >= 4 is 5.91 Å². The first-order chi connectivity index (χ1) is 8.93. The fourth-order valence-electron chi connectivity index (χ4n) is 1.34. The summed E-state index contributed by atoms with van der Waals surface area (Å²) in [6, 6.07) is 3.84. The molecule has 19 heavy (non-hydrogen) atoms. The first-order valence-electron chi connectivity index (χ1n) is 5.53. The minimum absolute atomic E-state index is 0.0324. The zero-order valence-corrected chi connectivity index (χ0v) is 10.5. The average molecular weight is 275 g/mol. The molecule has 2 N–H and O–H groups in total. The minimum atomic E-state index is -2.97. The molecule has 1 aromatic carbocycles. The Morgan fingerprint density at radius 2 is 2.11 bits per heavy atom. The maximum Gasteiger partial charge on any atom is 0.387 e. The maximum absolute atomic E-state index is 12.1. The Hall–Kier alpha value is -1.89. The second kappa shape index (κ2) is 6.89. The first-order valence-corrected chi connectivity index (χ1v) is 5.53. The lowest BCUT2D eigenvalue weighted by atomic mass is 10.2. The zero-order valence-electron chi connectivity index (χ0n) is 10.5. The molecule has 0 aliphatic rings. The number of hydrogen-bond donors (Lipinski definition) is 2. The zero-order chi connectivity index (χ0) is 14.4.